The Kier molecular flexibility index (Phi) is 3.53. The van der Waals surface area contributed by atoms with Crippen molar-refractivity contribution in [2.45, 2.75) is 38.2 Å². The highest BCUT2D eigenvalue weighted by Crippen LogP contribution is 2.28. The van der Waals surface area contributed by atoms with E-state index in [1.807, 2.05) is 0 Å². The van der Waals surface area contributed by atoms with E-state index in [0.717, 1.165) is 5.69 Å². The minimum Gasteiger partial charge on any atom is -0.448 e. The summed E-state index contributed by atoms with van der Waals surface area (Å²) >= 11 is 0. The Labute approximate surface area is 101 Å². The molecule has 1 unspecified atom stereocenters. The molecule has 96 valence electrons. The molecule has 2 rings (SSSR count). The fraction of sp³-hybridized carbons (Fsp3) is 0.727. The predicted molar refractivity (Wildman–Crippen MR) is 62.5 cm³/mol. The van der Waals surface area contributed by atoms with Gasteiger partial charge in [0.05, 0.1) is 23.3 Å². The molecule has 0 amide bonds. The van der Waals surface area contributed by atoms with E-state index in [1.165, 1.54) is 0 Å². The number of nitrogens with zero attached hydrogens (tertiary/aromatic N) is 1. The van der Waals surface area contributed by atoms with Gasteiger partial charge < -0.3 is 9.52 Å². The van der Waals surface area contributed by atoms with Gasteiger partial charge in [-0.15, -0.1) is 0 Å². The minimum atomic E-state index is -2.85. The quantitative estimate of drug-likeness (QED) is 0.872. The lowest BCUT2D eigenvalue weighted by Crippen LogP contribution is -2.22. The van der Waals surface area contributed by atoms with Gasteiger partial charge >= 0.3 is 0 Å². The molecule has 17 heavy (non-hydrogen) atoms. The van der Waals surface area contributed by atoms with Crippen LogP contribution in [0.25, 0.3) is 0 Å². The second-order valence-corrected chi connectivity index (χ2v) is 6.96. The smallest absolute Gasteiger partial charge is 0.197 e. The molecule has 0 radical (unpaired) electrons. The van der Waals surface area contributed by atoms with Crippen LogP contribution in [0.2, 0.25) is 0 Å². The molecule has 1 N–H and O–H groups in total. The molecule has 0 saturated carbocycles. The van der Waals surface area contributed by atoms with Crippen molar-refractivity contribution in [3.05, 3.63) is 17.8 Å². The van der Waals surface area contributed by atoms with E-state index < -0.39 is 15.9 Å². The standard InChI is InChI=1S/C11H17NO4S/c1-8(13)6-10-7-16-11(12-10)9-2-4-17(14,15)5-3-9/h7-9,13H,2-6H2,1H3. The molecule has 1 aliphatic heterocycles. The summed E-state index contributed by atoms with van der Waals surface area (Å²) in [5, 5.41) is 9.23. The molecule has 6 heteroatoms. The number of aliphatic hydroxyl groups is 1. The van der Waals surface area contributed by atoms with Crippen molar-refractivity contribution in [3.63, 3.8) is 0 Å². The highest BCUT2D eigenvalue weighted by atomic mass is 32.2. The lowest BCUT2D eigenvalue weighted by Gasteiger charge is -2.18. The Morgan fingerprint density at radius 2 is 2.18 bits per heavy atom. The number of rotatable bonds is 3. The van der Waals surface area contributed by atoms with Crippen molar-refractivity contribution < 1.29 is 17.9 Å². The highest BCUT2D eigenvalue weighted by molar-refractivity contribution is 7.91. The summed E-state index contributed by atoms with van der Waals surface area (Å²) in [4.78, 5) is 4.30. The monoisotopic (exact) mass is 259 g/mol. The molecular weight excluding hydrogens is 242 g/mol. The average Bonchev–Trinajstić information content (AvgIpc) is 2.65. The fourth-order valence-corrected chi connectivity index (χ4v) is 3.53. The van der Waals surface area contributed by atoms with Gasteiger partial charge in [0.15, 0.2) is 5.89 Å². The maximum absolute atomic E-state index is 11.3. The summed E-state index contributed by atoms with van der Waals surface area (Å²) in [6, 6.07) is 0. The van der Waals surface area contributed by atoms with E-state index in [1.54, 1.807) is 13.2 Å². The Morgan fingerprint density at radius 3 is 2.76 bits per heavy atom. The molecule has 1 atom stereocenters. The number of sulfone groups is 1. The summed E-state index contributed by atoms with van der Waals surface area (Å²) in [5.41, 5.74) is 0.725. The molecule has 1 fully saturated rings. The fourth-order valence-electron chi connectivity index (χ4n) is 2.04. The van der Waals surface area contributed by atoms with Crippen molar-refractivity contribution >= 4 is 9.84 Å². The largest absolute Gasteiger partial charge is 0.448 e. The first kappa shape index (κ1) is 12.6. The SMILES string of the molecule is CC(O)Cc1coc(C2CCS(=O)(=O)CC2)n1. The van der Waals surface area contributed by atoms with E-state index in [9.17, 15) is 13.5 Å². The van der Waals surface area contributed by atoms with Crippen LogP contribution in [0.15, 0.2) is 10.7 Å². The summed E-state index contributed by atoms with van der Waals surface area (Å²) in [5.74, 6) is 1.13. The van der Waals surface area contributed by atoms with Crippen molar-refractivity contribution in [2.75, 3.05) is 11.5 Å². The third-order valence-electron chi connectivity index (χ3n) is 2.98. The minimum absolute atomic E-state index is 0.0984. The van der Waals surface area contributed by atoms with E-state index in [-0.39, 0.29) is 17.4 Å². The van der Waals surface area contributed by atoms with Gasteiger partial charge in [0.2, 0.25) is 0 Å². The predicted octanol–water partition coefficient (Wildman–Crippen LogP) is 0.890. The first-order valence-electron chi connectivity index (χ1n) is 5.79. The highest BCUT2D eigenvalue weighted by Gasteiger charge is 2.27. The third-order valence-corrected chi connectivity index (χ3v) is 4.69. The summed E-state index contributed by atoms with van der Waals surface area (Å²) in [6.45, 7) is 1.70. The van der Waals surface area contributed by atoms with Crippen LogP contribution in [0.4, 0.5) is 0 Å². The van der Waals surface area contributed by atoms with Crippen molar-refractivity contribution in [1.82, 2.24) is 4.98 Å². The van der Waals surface area contributed by atoms with Crippen molar-refractivity contribution in [2.24, 2.45) is 0 Å². The zero-order valence-corrected chi connectivity index (χ0v) is 10.6. The molecule has 5 nitrogen and oxygen atoms in total. The maximum Gasteiger partial charge on any atom is 0.197 e. The topological polar surface area (TPSA) is 80.4 Å². The van der Waals surface area contributed by atoms with Gasteiger partial charge in [-0.3, -0.25) is 0 Å². The lowest BCUT2D eigenvalue weighted by atomic mass is 10.0. The van der Waals surface area contributed by atoms with Crippen LogP contribution in [0.1, 0.15) is 37.3 Å². The summed E-state index contributed by atoms with van der Waals surface area (Å²) in [6.07, 6.45) is 2.73. The molecule has 2 heterocycles. The van der Waals surface area contributed by atoms with E-state index in [2.05, 4.69) is 4.98 Å². The molecule has 0 bridgehead atoms. The van der Waals surface area contributed by atoms with Gasteiger partial charge in [0.25, 0.3) is 0 Å². The van der Waals surface area contributed by atoms with Gasteiger partial charge in [-0.2, -0.15) is 0 Å². The zero-order valence-electron chi connectivity index (χ0n) is 9.80. The number of aliphatic hydroxyl groups excluding tert-OH is 1. The molecule has 1 saturated heterocycles. The van der Waals surface area contributed by atoms with Crippen molar-refractivity contribution in [1.29, 1.82) is 0 Å². The second-order valence-electron chi connectivity index (χ2n) is 4.66. The van der Waals surface area contributed by atoms with Crippen LogP contribution in [-0.2, 0) is 16.3 Å². The summed E-state index contributed by atoms with van der Waals surface area (Å²) in [7, 11) is -2.85. The average molecular weight is 259 g/mol. The Hall–Kier alpha value is -0.880. The lowest BCUT2D eigenvalue weighted by molar-refractivity contribution is 0.194. The van der Waals surface area contributed by atoms with E-state index >= 15 is 0 Å². The molecule has 1 aromatic rings. The van der Waals surface area contributed by atoms with Gasteiger partial charge in [0.1, 0.15) is 16.1 Å². The van der Waals surface area contributed by atoms with Crippen LogP contribution in [-0.4, -0.2) is 36.1 Å². The van der Waals surface area contributed by atoms with Crippen LogP contribution < -0.4 is 0 Å². The number of hydrogen-bond acceptors (Lipinski definition) is 5. The van der Waals surface area contributed by atoms with E-state index in [4.69, 9.17) is 4.42 Å². The Bertz CT molecular complexity index is 463. The Balaban J connectivity index is 2.01. The van der Waals surface area contributed by atoms with Gasteiger partial charge in [-0.1, -0.05) is 0 Å². The second kappa shape index (κ2) is 4.78. The van der Waals surface area contributed by atoms with Gasteiger partial charge in [-0.05, 0) is 19.8 Å². The van der Waals surface area contributed by atoms with Crippen molar-refractivity contribution in [3.8, 4) is 0 Å². The molecular formula is C11H17NO4S. The van der Waals surface area contributed by atoms with E-state index in [0.29, 0.717) is 25.2 Å². The van der Waals surface area contributed by atoms with Crippen LogP contribution in [0.3, 0.4) is 0 Å². The van der Waals surface area contributed by atoms with Crippen LogP contribution in [0.5, 0.6) is 0 Å². The molecule has 0 spiro atoms. The number of oxazole rings is 1. The third kappa shape index (κ3) is 3.29. The maximum atomic E-state index is 11.3. The van der Waals surface area contributed by atoms with Gasteiger partial charge in [-0.25, -0.2) is 13.4 Å². The van der Waals surface area contributed by atoms with Crippen LogP contribution in [0, 0.1) is 0 Å². The molecule has 0 aromatic carbocycles. The molecule has 0 aliphatic carbocycles. The zero-order chi connectivity index (χ0) is 12.5. The number of aromatic nitrogens is 1. The molecule has 1 aliphatic rings. The molecule has 1 aromatic heterocycles. The normalized spacial score (nSPS) is 22.5. The first-order chi connectivity index (χ1) is 7.96. The number of hydrogen-bond donors (Lipinski definition) is 1. The van der Waals surface area contributed by atoms with Crippen LogP contribution >= 0.6 is 0 Å². The van der Waals surface area contributed by atoms with Gasteiger partial charge in [0, 0.05) is 12.3 Å². The Morgan fingerprint density at radius 1 is 1.53 bits per heavy atom. The first-order valence-corrected chi connectivity index (χ1v) is 7.61. The summed E-state index contributed by atoms with van der Waals surface area (Å²) < 4.78 is 27.9.